The first kappa shape index (κ1) is 19.4. The molecule has 0 radical (unpaired) electrons. The molecule has 1 fully saturated rings. The molecule has 0 heterocycles. The van der Waals surface area contributed by atoms with Gasteiger partial charge in [0.05, 0.1) is 16.8 Å². The van der Waals surface area contributed by atoms with E-state index in [9.17, 15) is 8.42 Å². The minimum Gasteiger partial charge on any atom is -0.384 e. The first-order valence-electron chi connectivity index (χ1n) is 8.68. The molecule has 0 aromatic heterocycles. The van der Waals surface area contributed by atoms with Gasteiger partial charge in [-0.2, -0.15) is 0 Å². The van der Waals surface area contributed by atoms with E-state index in [0.717, 1.165) is 12.0 Å². The summed E-state index contributed by atoms with van der Waals surface area (Å²) in [5.74, 6) is -0.181. The average molecular weight is 394 g/mol. The van der Waals surface area contributed by atoms with Crippen LogP contribution in [0.3, 0.4) is 0 Å². The lowest BCUT2D eigenvalue weighted by atomic mass is 9.99. The number of ether oxygens (including phenoxy) is 1. The fourth-order valence-electron chi connectivity index (χ4n) is 3.92. The molecule has 3 rings (SSSR count). The van der Waals surface area contributed by atoms with Gasteiger partial charge in [-0.15, -0.1) is 0 Å². The van der Waals surface area contributed by atoms with Gasteiger partial charge < -0.3 is 10.5 Å². The minimum absolute atomic E-state index is 0.181. The van der Waals surface area contributed by atoms with Crippen LogP contribution < -0.4 is 5.73 Å². The lowest BCUT2D eigenvalue weighted by Crippen LogP contribution is -2.28. The zero-order chi connectivity index (χ0) is 18.9. The second kappa shape index (κ2) is 7.31. The highest BCUT2D eigenvalue weighted by molar-refractivity contribution is 7.92. The fourth-order valence-corrected chi connectivity index (χ4v) is 6.49. The maximum Gasteiger partial charge on any atom is 0.182 e. The number of hydrogen-bond acceptors (Lipinski definition) is 4. The van der Waals surface area contributed by atoms with Crippen molar-refractivity contribution in [2.45, 2.75) is 29.4 Å². The third kappa shape index (κ3) is 3.18. The summed E-state index contributed by atoms with van der Waals surface area (Å²) in [6, 6.07) is 14.4. The van der Waals surface area contributed by atoms with Crippen molar-refractivity contribution in [3.05, 3.63) is 64.7 Å². The van der Waals surface area contributed by atoms with Crippen molar-refractivity contribution in [2.75, 3.05) is 20.3 Å². The van der Waals surface area contributed by atoms with E-state index < -0.39 is 20.5 Å². The molecule has 1 aliphatic rings. The molecule has 1 aliphatic carbocycles. The van der Waals surface area contributed by atoms with Gasteiger partial charge in [0.15, 0.2) is 9.84 Å². The summed E-state index contributed by atoms with van der Waals surface area (Å²) in [5, 5.41) is -0.0953. The average Bonchev–Trinajstić information content (AvgIpc) is 3.32. The summed E-state index contributed by atoms with van der Waals surface area (Å²) in [4.78, 5) is 0.272. The zero-order valence-corrected chi connectivity index (χ0v) is 16.6. The van der Waals surface area contributed by atoms with Gasteiger partial charge in [-0.3, -0.25) is 0 Å². The number of nitrogens with two attached hydrogens (primary N) is 1. The third-order valence-corrected chi connectivity index (χ3v) is 7.99. The van der Waals surface area contributed by atoms with E-state index in [1.54, 1.807) is 31.4 Å². The van der Waals surface area contributed by atoms with Gasteiger partial charge in [0.2, 0.25) is 0 Å². The number of sulfone groups is 1. The van der Waals surface area contributed by atoms with Gasteiger partial charge in [0.25, 0.3) is 0 Å². The SMILES string of the molecule is CCc1ccc([C@@H]2[C@H](S(=O)(=O)c3ccc(Cl)cc3)[C@@]2(CN)COC)cc1. The monoisotopic (exact) mass is 393 g/mol. The Kier molecular flexibility index (Phi) is 5.45. The number of aryl methyl sites for hydroxylation is 1. The summed E-state index contributed by atoms with van der Waals surface area (Å²) < 4.78 is 32.0. The molecule has 0 spiro atoms. The van der Waals surface area contributed by atoms with E-state index in [1.807, 2.05) is 24.3 Å². The number of rotatable bonds is 7. The van der Waals surface area contributed by atoms with Gasteiger partial charge in [0, 0.05) is 30.0 Å². The molecule has 0 amide bonds. The molecule has 0 unspecified atom stereocenters. The van der Waals surface area contributed by atoms with Crippen LogP contribution in [0.2, 0.25) is 5.02 Å². The molecule has 2 aromatic rings. The smallest absolute Gasteiger partial charge is 0.182 e. The largest absolute Gasteiger partial charge is 0.384 e. The Balaban J connectivity index is 2.03. The van der Waals surface area contributed by atoms with Crippen LogP contribution in [0.1, 0.15) is 24.0 Å². The van der Waals surface area contributed by atoms with Crippen molar-refractivity contribution < 1.29 is 13.2 Å². The quantitative estimate of drug-likeness (QED) is 0.782. The van der Waals surface area contributed by atoms with E-state index in [1.165, 1.54) is 5.56 Å². The first-order chi connectivity index (χ1) is 12.4. The molecule has 0 bridgehead atoms. The lowest BCUT2D eigenvalue weighted by molar-refractivity contribution is 0.142. The van der Waals surface area contributed by atoms with Crippen LogP contribution in [-0.2, 0) is 21.0 Å². The molecule has 26 heavy (non-hydrogen) atoms. The Bertz CT molecular complexity index is 865. The maximum atomic E-state index is 13.3. The Labute approximate surface area is 160 Å². The van der Waals surface area contributed by atoms with Crippen LogP contribution in [0.15, 0.2) is 53.4 Å². The van der Waals surface area contributed by atoms with Crippen LogP contribution >= 0.6 is 11.6 Å². The van der Waals surface area contributed by atoms with E-state index in [-0.39, 0.29) is 17.4 Å². The number of halogens is 1. The number of methoxy groups -OCH3 is 1. The Morgan fingerprint density at radius 2 is 1.73 bits per heavy atom. The van der Waals surface area contributed by atoms with Gasteiger partial charge in [-0.1, -0.05) is 42.8 Å². The summed E-state index contributed by atoms with van der Waals surface area (Å²) >= 11 is 5.91. The third-order valence-electron chi connectivity index (χ3n) is 5.40. The highest BCUT2D eigenvalue weighted by atomic mass is 35.5. The van der Waals surface area contributed by atoms with Gasteiger partial charge >= 0.3 is 0 Å². The molecule has 4 nitrogen and oxygen atoms in total. The molecule has 3 atom stereocenters. The molecular weight excluding hydrogens is 370 g/mol. The van der Waals surface area contributed by atoms with E-state index in [2.05, 4.69) is 6.92 Å². The van der Waals surface area contributed by atoms with Gasteiger partial charge in [-0.05, 0) is 41.8 Å². The van der Waals surface area contributed by atoms with Crippen molar-refractivity contribution in [2.24, 2.45) is 11.1 Å². The zero-order valence-electron chi connectivity index (χ0n) is 15.0. The van der Waals surface area contributed by atoms with Crippen LogP contribution in [0.5, 0.6) is 0 Å². The van der Waals surface area contributed by atoms with Crippen molar-refractivity contribution in [3.63, 3.8) is 0 Å². The van der Waals surface area contributed by atoms with Gasteiger partial charge in [0.1, 0.15) is 0 Å². The van der Waals surface area contributed by atoms with Crippen molar-refractivity contribution in [3.8, 4) is 0 Å². The molecule has 0 aliphatic heterocycles. The Hall–Kier alpha value is -1.40. The summed E-state index contributed by atoms with van der Waals surface area (Å²) in [5.41, 5.74) is 7.66. The standard InChI is InChI=1S/C20H24ClNO3S/c1-3-14-4-6-15(7-5-14)18-19(20(18,12-22)13-25-2)26(23,24)17-10-8-16(21)9-11-17/h4-11,18-19H,3,12-13,22H2,1-2H3/t18-,19+,20+/m1/s1. The fraction of sp³-hybridized carbons (Fsp3) is 0.400. The number of hydrogen-bond donors (Lipinski definition) is 1. The number of benzene rings is 2. The topological polar surface area (TPSA) is 69.4 Å². The van der Waals surface area contributed by atoms with Crippen LogP contribution in [0, 0.1) is 5.41 Å². The summed E-state index contributed by atoms with van der Waals surface area (Å²) in [6.45, 7) is 2.65. The highest BCUT2D eigenvalue weighted by Crippen LogP contribution is 2.63. The molecular formula is C20H24ClNO3S. The summed E-state index contributed by atoms with van der Waals surface area (Å²) in [6.07, 6.45) is 0.942. The van der Waals surface area contributed by atoms with E-state index >= 15 is 0 Å². The van der Waals surface area contributed by atoms with E-state index in [4.69, 9.17) is 22.1 Å². The lowest BCUT2D eigenvalue weighted by Gasteiger charge is -2.15. The summed E-state index contributed by atoms with van der Waals surface area (Å²) in [7, 11) is -1.97. The van der Waals surface area contributed by atoms with Crippen molar-refractivity contribution in [1.82, 2.24) is 0 Å². The molecule has 6 heteroatoms. The molecule has 140 valence electrons. The maximum absolute atomic E-state index is 13.3. The second-order valence-corrected chi connectivity index (χ2v) is 9.37. The Morgan fingerprint density at radius 1 is 1.12 bits per heavy atom. The molecule has 0 saturated heterocycles. The predicted molar refractivity (Wildman–Crippen MR) is 104 cm³/mol. The van der Waals surface area contributed by atoms with Crippen molar-refractivity contribution in [1.29, 1.82) is 0 Å². The van der Waals surface area contributed by atoms with Crippen LogP contribution in [0.4, 0.5) is 0 Å². The molecule has 2 aromatic carbocycles. The highest BCUT2D eigenvalue weighted by Gasteiger charge is 2.70. The van der Waals surface area contributed by atoms with Crippen LogP contribution in [0.25, 0.3) is 0 Å². The van der Waals surface area contributed by atoms with Crippen molar-refractivity contribution >= 4 is 21.4 Å². The second-order valence-electron chi connectivity index (χ2n) is 6.86. The first-order valence-corrected chi connectivity index (χ1v) is 10.6. The molecule has 1 saturated carbocycles. The normalized spacial score (nSPS) is 25.2. The Morgan fingerprint density at radius 3 is 2.23 bits per heavy atom. The predicted octanol–water partition coefficient (Wildman–Crippen LogP) is 3.43. The van der Waals surface area contributed by atoms with Gasteiger partial charge in [-0.25, -0.2) is 8.42 Å². The molecule has 2 N–H and O–H groups in total. The minimum atomic E-state index is -3.56. The van der Waals surface area contributed by atoms with Crippen LogP contribution in [-0.4, -0.2) is 33.9 Å². The van der Waals surface area contributed by atoms with E-state index in [0.29, 0.717) is 11.6 Å².